The molecule has 168 valence electrons. The maximum absolute atomic E-state index is 13.9. The largest absolute Gasteiger partial charge is 0.341 e. The molecule has 6 heterocycles. The Hall–Kier alpha value is -3.55. The molecular formula is C25H27N7O. The highest BCUT2D eigenvalue weighted by atomic mass is 16.2. The molecule has 4 atom stereocenters. The van der Waals surface area contributed by atoms with E-state index in [0.717, 1.165) is 54.9 Å². The Morgan fingerprint density at radius 3 is 2.45 bits per heavy atom. The van der Waals surface area contributed by atoms with Crippen molar-refractivity contribution in [2.24, 2.45) is 22.9 Å². The van der Waals surface area contributed by atoms with Crippen LogP contribution in [0.1, 0.15) is 17.1 Å². The van der Waals surface area contributed by atoms with E-state index in [2.05, 4.69) is 25.9 Å². The van der Waals surface area contributed by atoms with Gasteiger partial charge in [0.2, 0.25) is 11.9 Å². The predicted molar refractivity (Wildman–Crippen MR) is 125 cm³/mol. The Balaban J connectivity index is 1.20. The fraction of sp³-hybridized carbons (Fsp3) is 0.400. The van der Waals surface area contributed by atoms with Gasteiger partial charge in [-0.3, -0.25) is 14.8 Å². The molecule has 0 spiro atoms. The fourth-order valence-corrected chi connectivity index (χ4v) is 5.59. The molecule has 2 unspecified atom stereocenters. The topological polar surface area (TPSA) is 77.8 Å². The van der Waals surface area contributed by atoms with Crippen molar-refractivity contribution in [3.8, 4) is 0 Å². The van der Waals surface area contributed by atoms with E-state index < -0.39 is 0 Å². The molecule has 0 aromatic carbocycles. The van der Waals surface area contributed by atoms with Gasteiger partial charge in [0.25, 0.3) is 0 Å². The maximum atomic E-state index is 13.9. The lowest BCUT2D eigenvalue weighted by Gasteiger charge is -2.28. The average molecular weight is 442 g/mol. The smallest absolute Gasteiger partial charge is 0.234 e. The van der Waals surface area contributed by atoms with E-state index in [-0.39, 0.29) is 17.9 Å². The van der Waals surface area contributed by atoms with E-state index in [9.17, 15) is 4.79 Å². The second-order valence-corrected chi connectivity index (χ2v) is 9.39. The number of fused-ring (bicyclic) bond motifs is 2. The van der Waals surface area contributed by atoms with E-state index in [1.165, 1.54) is 0 Å². The summed E-state index contributed by atoms with van der Waals surface area (Å²) in [5.41, 5.74) is 3.51. The van der Waals surface area contributed by atoms with Crippen LogP contribution in [0.5, 0.6) is 0 Å². The lowest BCUT2D eigenvalue weighted by molar-refractivity contribution is -0.133. The van der Waals surface area contributed by atoms with Crippen LogP contribution in [0.3, 0.4) is 0 Å². The summed E-state index contributed by atoms with van der Waals surface area (Å²) >= 11 is 0. The summed E-state index contributed by atoms with van der Waals surface area (Å²) in [7, 11) is 0. The van der Waals surface area contributed by atoms with Crippen molar-refractivity contribution in [3.05, 3.63) is 72.0 Å². The third kappa shape index (κ3) is 3.50. The van der Waals surface area contributed by atoms with Gasteiger partial charge in [0, 0.05) is 61.8 Å². The third-order valence-electron chi connectivity index (χ3n) is 7.07. The SMILES string of the molecule is Cc1cc(C)nc(N2C[C@H]3CN(C(=O)C4C(c5ccccn5)=NN5C=CC=CC45)C[C@H]3C2)n1. The van der Waals surface area contributed by atoms with Gasteiger partial charge in [0.1, 0.15) is 11.6 Å². The fourth-order valence-electron chi connectivity index (χ4n) is 5.59. The lowest BCUT2D eigenvalue weighted by Crippen LogP contribution is -2.45. The molecule has 6 rings (SSSR count). The second kappa shape index (κ2) is 7.79. The summed E-state index contributed by atoms with van der Waals surface area (Å²) in [6.07, 6.45) is 9.71. The van der Waals surface area contributed by atoms with Crippen molar-refractivity contribution in [3.63, 3.8) is 0 Å². The summed E-state index contributed by atoms with van der Waals surface area (Å²) in [5, 5.41) is 6.66. The number of nitrogens with zero attached hydrogens (tertiary/aromatic N) is 7. The maximum Gasteiger partial charge on any atom is 0.234 e. The summed E-state index contributed by atoms with van der Waals surface area (Å²) in [6, 6.07) is 7.67. The average Bonchev–Trinajstić information content (AvgIpc) is 3.50. The number of rotatable bonds is 3. The van der Waals surface area contributed by atoms with Crippen molar-refractivity contribution in [1.82, 2.24) is 24.9 Å². The number of likely N-dealkylation sites (tertiary alicyclic amines) is 1. The number of carbonyl (C=O) groups is 1. The van der Waals surface area contributed by atoms with Gasteiger partial charge in [-0.2, -0.15) is 5.10 Å². The van der Waals surface area contributed by atoms with E-state index in [1.807, 2.05) is 66.4 Å². The third-order valence-corrected chi connectivity index (χ3v) is 7.07. The van der Waals surface area contributed by atoms with Crippen LogP contribution < -0.4 is 4.90 Å². The summed E-state index contributed by atoms with van der Waals surface area (Å²) in [4.78, 5) is 32.0. The lowest BCUT2D eigenvalue weighted by atomic mass is 9.91. The molecule has 2 saturated heterocycles. The zero-order chi connectivity index (χ0) is 22.5. The standard InChI is InChI=1S/C25H27N7O/c1-16-11-17(2)28-25(27-16)31-14-18-12-30(13-19(18)15-31)24(33)22-21-8-4-6-10-32(21)29-23(22)20-7-3-5-9-26-20/h3-11,18-19,21-22H,12-15H2,1-2H3/t18-,19+,21?,22?. The van der Waals surface area contributed by atoms with Crippen LogP contribution in [0, 0.1) is 31.6 Å². The Morgan fingerprint density at radius 2 is 1.76 bits per heavy atom. The molecule has 2 fully saturated rings. The molecule has 8 nitrogen and oxygen atoms in total. The molecule has 4 aliphatic heterocycles. The minimum absolute atomic E-state index is 0.0971. The first-order chi connectivity index (χ1) is 16.1. The van der Waals surface area contributed by atoms with Crippen LogP contribution >= 0.6 is 0 Å². The molecule has 33 heavy (non-hydrogen) atoms. The van der Waals surface area contributed by atoms with Crippen LogP contribution in [-0.2, 0) is 4.79 Å². The first kappa shape index (κ1) is 20.1. The Labute approximate surface area is 193 Å². The van der Waals surface area contributed by atoms with Crippen LogP contribution in [-0.4, -0.2) is 68.7 Å². The minimum Gasteiger partial charge on any atom is -0.341 e. The van der Waals surface area contributed by atoms with Crippen molar-refractivity contribution in [1.29, 1.82) is 0 Å². The van der Waals surface area contributed by atoms with Gasteiger partial charge in [0.05, 0.1) is 11.7 Å². The van der Waals surface area contributed by atoms with Crippen LogP contribution in [0.25, 0.3) is 0 Å². The van der Waals surface area contributed by atoms with Gasteiger partial charge < -0.3 is 9.80 Å². The summed E-state index contributed by atoms with van der Waals surface area (Å²) < 4.78 is 0. The first-order valence-corrected chi connectivity index (χ1v) is 11.6. The van der Waals surface area contributed by atoms with Crippen molar-refractivity contribution in [2.75, 3.05) is 31.1 Å². The number of pyridine rings is 1. The first-order valence-electron chi connectivity index (χ1n) is 11.6. The molecular weight excluding hydrogens is 414 g/mol. The number of amides is 1. The van der Waals surface area contributed by atoms with Crippen molar-refractivity contribution < 1.29 is 4.79 Å². The Bertz CT molecular complexity index is 1140. The zero-order valence-electron chi connectivity index (χ0n) is 18.9. The van der Waals surface area contributed by atoms with Gasteiger partial charge in [-0.05, 0) is 38.1 Å². The van der Waals surface area contributed by atoms with Gasteiger partial charge in [0.15, 0.2) is 0 Å². The molecule has 0 aliphatic carbocycles. The molecule has 4 aliphatic rings. The molecule has 8 heteroatoms. The molecule has 2 aromatic rings. The van der Waals surface area contributed by atoms with E-state index >= 15 is 0 Å². The summed E-state index contributed by atoms with van der Waals surface area (Å²) in [6.45, 7) is 7.33. The van der Waals surface area contributed by atoms with Crippen LogP contribution in [0.4, 0.5) is 5.95 Å². The zero-order valence-corrected chi connectivity index (χ0v) is 18.9. The highest BCUT2D eigenvalue weighted by Crippen LogP contribution is 2.36. The number of anilines is 1. The number of hydrogen-bond acceptors (Lipinski definition) is 7. The number of allylic oxidation sites excluding steroid dienone is 2. The highest BCUT2D eigenvalue weighted by Gasteiger charge is 2.48. The number of carbonyl (C=O) groups excluding carboxylic acids is 1. The molecule has 0 saturated carbocycles. The Morgan fingerprint density at radius 1 is 1.00 bits per heavy atom. The molecule has 2 aromatic heterocycles. The van der Waals surface area contributed by atoms with Crippen molar-refractivity contribution >= 4 is 17.6 Å². The van der Waals surface area contributed by atoms with E-state index in [4.69, 9.17) is 5.10 Å². The monoisotopic (exact) mass is 441 g/mol. The van der Waals surface area contributed by atoms with Crippen LogP contribution in [0.15, 0.2) is 60.0 Å². The van der Waals surface area contributed by atoms with Gasteiger partial charge in [-0.25, -0.2) is 9.97 Å². The molecule has 1 amide bonds. The summed E-state index contributed by atoms with van der Waals surface area (Å²) in [5.74, 6) is 1.49. The normalized spacial score (nSPS) is 27.7. The number of hydrogen-bond donors (Lipinski definition) is 0. The second-order valence-electron chi connectivity index (χ2n) is 9.39. The van der Waals surface area contributed by atoms with Gasteiger partial charge in [-0.15, -0.1) is 0 Å². The molecule has 0 N–H and O–H groups in total. The molecule has 0 bridgehead atoms. The van der Waals surface area contributed by atoms with Gasteiger partial charge in [-0.1, -0.05) is 18.2 Å². The predicted octanol–water partition coefficient (Wildman–Crippen LogP) is 2.17. The van der Waals surface area contributed by atoms with Crippen LogP contribution in [0.2, 0.25) is 0 Å². The van der Waals surface area contributed by atoms with E-state index in [1.54, 1.807) is 6.20 Å². The number of aromatic nitrogens is 3. The van der Waals surface area contributed by atoms with E-state index in [0.29, 0.717) is 11.8 Å². The quantitative estimate of drug-likeness (QED) is 0.727. The highest BCUT2D eigenvalue weighted by molar-refractivity contribution is 6.14. The van der Waals surface area contributed by atoms with Crippen molar-refractivity contribution in [2.45, 2.75) is 19.9 Å². The molecule has 0 radical (unpaired) electrons. The number of aryl methyl sites for hydroxylation is 2. The van der Waals surface area contributed by atoms with Gasteiger partial charge >= 0.3 is 0 Å². The minimum atomic E-state index is -0.348. The number of hydrazone groups is 1. The Kier molecular flexibility index (Phi) is 4.74.